The SMILES string of the molecule is CCCCCCCCC.CCc1[nH]cc[n+]1C. The smallest absolute Gasteiger partial charge is 0.248 e. The molecular weight excluding hydrogens is 208 g/mol. The van der Waals surface area contributed by atoms with Gasteiger partial charge in [-0.3, -0.25) is 0 Å². The Morgan fingerprint density at radius 3 is 1.76 bits per heavy atom. The molecule has 1 rings (SSSR count). The molecule has 0 saturated carbocycles. The van der Waals surface area contributed by atoms with Crippen LogP contribution in [0.3, 0.4) is 0 Å². The average Bonchev–Trinajstić information content (AvgIpc) is 2.75. The number of H-pyrrole nitrogens is 1. The maximum absolute atomic E-state index is 3.12. The van der Waals surface area contributed by atoms with Crippen LogP contribution < -0.4 is 4.57 Å². The molecule has 0 aliphatic rings. The molecule has 1 aromatic heterocycles. The Hall–Kier alpha value is -0.790. The molecule has 0 bridgehead atoms. The second kappa shape index (κ2) is 11.7. The highest BCUT2D eigenvalue weighted by atomic mass is 15.0. The Morgan fingerprint density at radius 2 is 1.47 bits per heavy atom. The third-order valence-corrected chi connectivity index (χ3v) is 3.02. The van der Waals surface area contributed by atoms with E-state index in [9.17, 15) is 0 Å². The van der Waals surface area contributed by atoms with Crippen LogP contribution in [-0.2, 0) is 13.5 Å². The maximum atomic E-state index is 3.12. The van der Waals surface area contributed by atoms with Crippen molar-refractivity contribution in [2.45, 2.75) is 72.1 Å². The minimum absolute atomic E-state index is 1.07. The average molecular weight is 239 g/mol. The summed E-state index contributed by atoms with van der Waals surface area (Å²) < 4.78 is 2.08. The largest absolute Gasteiger partial charge is 0.253 e. The maximum Gasteiger partial charge on any atom is 0.253 e. The summed E-state index contributed by atoms with van der Waals surface area (Å²) in [4.78, 5) is 3.12. The van der Waals surface area contributed by atoms with Crippen LogP contribution in [0.15, 0.2) is 12.4 Å². The number of imidazole rings is 1. The third-order valence-electron chi connectivity index (χ3n) is 3.02. The van der Waals surface area contributed by atoms with E-state index in [0.717, 1.165) is 6.42 Å². The van der Waals surface area contributed by atoms with Crippen LogP contribution in [-0.4, -0.2) is 4.98 Å². The number of nitrogens with one attached hydrogen (secondary N) is 1. The predicted molar refractivity (Wildman–Crippen MR) is 75.0 cm³/mol. The van der Waals surface area contributed by atoms with Crippen molar-refractivity contribution in [2.75, 3.05) is 0 Å². The van der Waals surface area contributed by atoms with Gasteiger partial charge in [0.05, 0.1) is 7.05 Å². The summed E-state index contributed by atoms with van der Waals surface area (Å²) in [7, 11) is 2.04. The zero-order valence-electron chi connectivity index (χ0n) is 12.3. The minimum Gasteiger partial charge on any atom is -0.248 e. The van der Waals surface area contributed by atoms with Gasteiger partial charge < -0.3 is 0 Å². The van der Waals surface area contributed by atoms with Crippen molar-refractivity contribution >= 4 is 0 Å². The van der Waals surface area contributed by atoms with E-state index >= 15 is 0 Å². The topological polar surface area (TPSA) is 19.7 Å². The summed E-state index contributed by atoms with van der Waals surface area (Å²) in [5.74, 6) is 1.27. The number of unbranched alkanes of at least 4 members (excludes halogenated alkanes) is 6. The van der Waals surface area contributed by atoms with Crippen molar-refractivity contribution in [1.29, 1.82) is 0 Å². The Balaban J connectivity index is 0.000000302. The van der Waals surface area contributed by atoms with Gasteiger partial charge in [-0.2, -0.15) is 0 Å². The van der Waals surface area contributed by atoms with E-state index in [2.05, 4.69) is 30.3 Å². The standard InChI is InChI=1S/C9H20.C6H10N2/c1-3-5-7-9-8-6-4-2;1-3-6-7-4-5-8(6)2/h3-9H2,1-2H3;4-5H,3H2,1-2H3/p+1. The molecule has 0 fully saturated rings. The lowest BCUT2D eigenvalue weighted by atomic mass is 10.1. The fourth-order valence-corrected chi connectivity index (χ4v) is 1.82. The van der Waals surface area contributed by atoms with Crippen molar-refractivity contribution < 1.29 is 4.57 Å². The van der Waals surface area contributed by atoms with Gasteiger partial charge in [-0.05, 0) is 0 Å². The van der Waals surface area contributed by atoms with E-state index in [0.29, 0.717) is 0 Å². The normalized spacial score (nSPS) is 9.88. The molecule has 0 unspecified atom stereocenters. The number of rotatable bonds is 7. The van der Waals surface area contributed by atoms with Crippen LogP contribution in [0, 0.1) is 0 Å². The number of aromatic amines is 1. The Morgan fingerprint density at radius 1 is 0.941 bits per heavy atom. The summed E-state index contributed by atoms with van der Waals surface area (Å²) in [5, 5.41) is 0. The van der Waals surface area contributed by atoms with E-state index in [1.54, 1.807) is 0 Å². The molecule has 17 heavy (non-hydrogen) atoms. The van der Waals surface area contributed by atoms with Gasteiger partial charge in [-0.15, -0.1) is 0 Å². The van der Waals surface area contributed by atoms with Crippen LogP contribution in [0.4, 0.5) is 0 Å². The highest BCUT2D eigenvalue weighted by Crippen LogP contribution is 2.05. The number of hydrogen-bond acceptors (Lipinski definition) is 0. The van der Waals surface area contributed by atoms with E-state index in [1.165, 1.54) is 50.8 Å². The number of nitrogens with zero attached hydrogens (tertiary/aromatic N) is 1. The summed E-state index contributed by atoms with van der Waals surface area (Å²) >= 11 is 0. The fourth-order valence-electron chi connectivity index (χ4n) is 1.82. The lowest BCUT2D eigenvalue weighted by molar-refractivity contribution is -0.677. The molecule has 0 aliphatic heterocycles. The zero-order chi connectivity index (χ0) is 12.9. The molecule has 0 spiro atoms. The monoisotopic (exact) mass is 239 g/mol. The van der Waals surface area contributed by atoms with Crippen LogP contribution >= 0.6 is 0 Å². The molecule has 1 heterocycles. The second-order valence-electron chi connectivity index (χ2n) is 4.64. The summed E-state index contributed by atoms with van der Waals surface area (Å²) in [6.45, 7) is 6.66. The van der Waals surface area contributed by atoms with Crippen molar-refractivity contribution in [1.82, 2.24) is 4.98 Å². The minimum atomic E-state index is 1.07. The highest BCUT2D eigenvalue weighted by molar-refractivity contribution is 4.74. The first-order chi connectivity index (χ1) is 8.26. The molecule has 0 aliphatic carbocycles. The molecule has 0 saturated heterocycles. The number of hydrogen-bond donors (Lipinski definition) is 1. The molecule has 0 atom stereocenters. The molecule has 0 aromatic carbocycles. The summed E-state index contributed by atoms with van der Waals surface area (Å²) in [6.07, 6.45) is 15.0. The van der Waals surface area contributed by atoms with Gasteiger partial charge in [0.15, 0.2) is 0 Å². The van der Waals surface area contributed by atoms with Crippen LogP contribution in [0.1, 0.15) is 71.5 Å². The quantitative estimate of drug-likeness (QED) is 0.544. The van der Waals surface area contributed by atoms with Gasteiger partial charge in [-0.1, -0.05) is 65.7 Å². The second-order valence-corrected chi connectivity index (χ2v) is 4.64. The lowest BCUT2D eigenvalue weighted by Gasteiger charge is -1.96. The summed E-state index contributed by atoms with van der Waals surface area (Å²) in [5.41, 5.74) is 0. The fraction of sp³-hybridized carbons (Fsp3) is 0.800. The van der Waals surface area contributed by atoms with E-state index in [-0.39, 0.29) is 0 Å². The first kappa shape index (κ1) is 16.2. The van der Waals surface area contributed by atoms with Gasteiger partial charge in [0.1, 0.15) is 12.4 Å². The molecule has 100 valence electrons. The zero-order valence-corrected chi connectivity index (χ0v) is 12.3. The van der Waals surface area contributed by atoms with Crippen molar-refractivity contribution in [3.8, 4) is 0 Å². The van der Waals surface area contributed by atoms with Crippen LogP contribution in [0.2, 0.25) is 0 Å². The Labute approximate surface area is 107 Å². The van der Waals surface area contributed by atoms with E-state index in [4.69, 9.17) is 0 Å². The van der Waals surface area contributed by atoms with Gasteiger partial charge >= 0.3 is 0 Å². The molecular formula is C15H31N2+. The number of aryl methyl sites for hydroxylation is 2. The lowest BCUT2D eigenvalue weighted by Crippen LogP contribution is -2.29. The highest BCUT2D eigenvalue weighted by Gasteiger charge is 1.99. The van der Waals surface area contributed by atoms with Crippen molar-refractivity contribution in [3.05, 3.63) is 18.2 Å². The molecule has 2 nitrogen and oxygen atoms in total. The van der Waals surface area contributed by atoms with Crippen LogP contribution in [0.25, 0.3) is 0 Å². The third kappa shape index (κ3) is 8.96. The Bertz CT molecular complexity index is 247. The van der Waals surface area contributed by atoms with E-state index < -0.39 is 0 Å². The van der Waals surface area contributed by atoms with Gasteiger partial charge in [0.2, 0.25) is 0 Å². The summed E-state index contributed by atoms with van der Waals surface area (Å²) in [6, 6.07) is 0. The molecule has 0 radical (unpaired) electrons. The first-order valence-electron chi connectivity index (χ1n) is 7.28. The van der Waals surface area contributed by atoms with Crippen LogP contribution in [0.5, 0.6) is 0 Å². The molecule has 1 N–H and O–H groups in total. The van der Waals surface area contributed by atoms with Crippen molar-refractivity contribution in [2.24, 2.45) is 7.05 Å². The van der Waals surface area contributed by atoms with Crippen molar-refractivity contribution in [3.63, 3.8) is 0 Å². The number of aromatic nitrogens is 2. The first-order valence-corrected chi connectivity index (χ1v) is 7.28. The molecule has 1 aromatic rings. The predicted octanol–water partition coefficient (Wildman–Crippen LogP) is 4.16. The van der Waals surface area contributed by atoms with E-state index in [1.807, 2.05) is 19.4 Å². The van der Waals surface area contributed by atoms with Gasteiger partial charge in [0, 0.05) is 6.42 Å². The Kier molecular flexibility index (Phi) is 11.1. The van der Waals surface area contributed by atoms with Gasteiger partial charge in [0.25, 0.3) is 5.82 Å². The molecule has 2 heteroatoms. The van der Waals surface area contributed by atoms with Gasteiger partial charge in [-0.25, -0.2) is 9.55 Å². The molecule has 0 amide bonds.